The lowest BCUT2D eigenvalue weighted by Gasteiger charge is -2.23. The minimum Gasteiger partial charge on any atom is -0.256 e. The highest BCUT2D eigenvalue weighted by molar-refractivity contribution is 6.89. The number of benzene rings is 2. The molecule has 0 N–H and O–H groups in total. The summed E-state index contributed by atoms with van der Waals surface area (Å²) in [6, 6.07) is 16.2. The van der Waals surface area contributed by atoms with Crippen molar-refractivity contribution in [3.05, 3.63) is 71.9 Å². The smallest absolute Gasteiger partial charge is 0.256 e. The fourth-order valence-corrected chi connectivity index (χ4v) is 4.98. The van der Waals surface area contributed by atoms with Crippen molar-refractivity contribution in [1.82, 2.24) is 4.98 Å². The summed E-state index contributed by atoms with van der Waals surface area (Å²) < 4.78 is 35.8. The minimum absolute atomic E-state index is 0.0136. The van der Waals surface area contributed by atoms with Crippen LogP contribution in [0.25, 0.3) is 22.4 Å². The second-order valence-corrected chi connectivity index (χ2v) is 13.4. The average Bonchev–Trinajstić information content (AvgIpc) is 2.66. The van der Waals surface area contributed by atoms with Crippen molar-refractivity contribution in [3.63, 3.8) is 0 Å². The van der Waals surface area contributed by atoms with Crippen LogP contribution < -0.4 is 5.19 Å². The first kappa shape index (κ1) is 19.0. The molecule has 0 aliphatic carbocycles. The van der Waals surface area contributed by atoms with Gasteiger partial charge >= 0.3 is 0 Å². The summed E-state index contributed by atoms with van der Waals surface area (Å²) in [6.45, 7) is 10.5. The quantitative estimate of drug-likeness (QED) is 0.422. The molecule has 0 fully saturated rings. The monoisotopic (exact) mass is 396 g/mol. The topological polar surface area (TPSA) is 12.9 Å². The Morgan fingerprint density at radius 3 is 2.14 bits per heavy atom. The van der Waals surface area contributed by atoms with Crippen LogP contribution in [0.15, 0.2) is 60.8 Å². The van der Waals surface area contributed by atoms with Crippen LogP contribution >= 0.6 is 0 Å². The molecular formula is C24H27F2NSi. The number of pyridine rings is 1. The normalized spacial score (nSPS) is 12.9. The summed E-state index contributed by atoms with van der Waals surface area (Å²) in [4.78, 5) is 4.66. The molecule has 0 bridgehead atoms. The van der Waals surface area contributed by atoms with Crippen molar-refractivity contribution >= 4 is 13.3 Å². The lowest BCUT2D eigenvalue weighted by Crippen LogP contribution is -2.40. The van der Waals surface area contributed by atoms with Gasteiger partial charge < -0.3 is 0 Å². The maximum Gasteiger partial charge on any atom is 0.264 e. The van der Waals surface area contributed by atoms with E-state index < -0.39 is 20.4 Å². The second kappa shape index (κ2) is 7.96. The molecule has 1 heterocycles. The molecule has 0 saturated carbocycles. The van der Waals surface area contributed by atoms with Crippen LogP contribution in [0.4, 0.5) is 8.78 Å². The van der Waals surface area contributed by atoms with Crippen LogP contribution in [0.3, 0.4) is 0 Å². The number of hydrogen-bond donors (Lipinski definition) is 0. The van der Waals surface area contributed by atoms with Crippen molar-refractivity contribution in [3.8, 4) is 22.4 Å². The molecule has 0 spiro atoms. The molecule has 28 heavy (non-hydrogen) atoms. The van der Waals surface area contributed by atoms with Gasteiger partial charge in [-0.25, -0.2) is 8.78 Å². The largest absolute Gasteiger partial charge is 0.264 e. The van der Waals surface area contributed by atoms with Crippen LogP contribution in [0.1, 0.15) is 38.7 Å². The van der Waals surface area contributed by atoms with Crippen molar-refractivity contribution in [2.75, 3.05) is 0 Å². The van der Waals surface area contributed by atoms with Gasteiger partial charge in [0.15, 0.2) is 0 Å². The predicted octanol–water partition coefficient (Wildman–Crippen LogP) is 7.02. The summed E-state index contributed by atoms with van der Waals surface area (Å²) in [5.74, 6) is -0.765. The molecule has 0 aliphatic heterocycles. The van der Waals surface area contributed by atoms with E-state index in [9.17, 15) is 8.78 Å². The number of aromatic nitrogens is 1. The molecule has 0 aliphatic rings. The Morgan fingerprint density at radius 1 is 0.893 bits per heavy atom. The highest BCUT2D eigenvalue weighted by atomic mass is 28.3. The van der Waals surface area contributed by atoms with E-state index in [1.165, 1.54) is 6.07 Å². The van der Waals surface area contributed by atoms with E-state index in [0.29, 0.717) is 11.3 Å². The van der Waals surface area contributed by atoms with Gasteiger partial charge in [0, 0.05) is 18.7 Å². The fraction of sp³-hybridized carbons (Fsp3) is 0.292. The fourth-order valence-electron chi connectivity index (χ4n) is 3.40. The molecule has 2 aromatic carbocycles. The molecular weight excluding hydrogens is 368 g/mol. The molecule has 0 saturated heterocycles. The van der Waals surface area contributed by atoms with E-state index in [2.05, 4.69) is 24.6 Å². The predicted molar refractivity (Wildman–Crippen MR) is 117 cm³/mol. The SMILES string of the molecule is [2H]C(C)(C)c1cc(-c2ccc(C(F)F)c(-c3ccccc3)c2)ncc1[Si](C)(C)C. The summed E-state index contributed by atoms with van der Waals surface area (Å²) in [5.41, 5.74) is 3.73. The summed E-state index contributed by atoms with van der Waals surface area (Å²) >= 11 is 0. The molecule has 0 amide bonds. The third kappa shape index (κ3) is 4.22. The van der Waals surface area contributed by atoms with Crippen molar-refractivity contribution in [2.45, 2.75) is 45.8 Å². The first-order chi connectivity index (χ1) is 13.5. The van der Waals surface area contributed by atoms with Gasteiger partial charge in [0.2, 0.25) is 0 Å². The molecule has 3 rings (SSSR count). The van der Waals surface area contributed by atoms with Crippen molar-refractivity contribution in [1.29, 1.82) is 0 Å². The molecule has 1 aromatic heterocycles. The Morgan fingerprint density at radius 2 is 1.57 bits per heavy atom. The molecule has 1 nitrogen and oxygen atoms in total. The maximum absolute atomic E-state index is 13.6. The standard InChI is InChI=1S/C24H27F2NSi/c1-16(2)20-14-22(27-15-23(20)28(3,4)5)18-11-12-19(24(25)26)21(13-18)17-9-7-6-8-10-17/h6-16,24H,1-5H3/i16D. The number of rotatable bonds is 5. The second-order valence-electron chi connectivity index (χ2n) is 8.33. The number of hydrogen-bond acceptors (Lipinski definition) is 1. The van der Waals surface area contributed by atoms with Crippen LogP contribution in [0.5, 0.6) is 0 Å². The van der Waals surface area contributed by atoms with Crippen LogP contribution in [0.2, 0.25) is 19.6 Å². The van der Waals surface area contributed by atoms with Gasteiger partial charge in [-0.1, -0.05) is 76.0 Å². The van der Waals surface area contributed by atoms with E-state index in [1.807, 2.05) is 56.4 Å². The van der Waals surface area contributed by atoms with E-state index in [0.717, 1.165) is 21.9 Å². The van der Waals surface area contributed by atoms with Crippen LogP contribution in [-0.4, -0.2) is 13.1 Å². The number of halogens is 2. The van der Waals surface area contributed by atoms with Gasteiger partial charge in [0.25, 0.3) is 6.43 Å². The van der Waals surface area contributed by atoms with Crippen molar-refractivity contribution < 1.29 is 10.2 Å². The molecule has 0 atom stereocenters. The van der Waals surface area contributed by atoms with Gasteiger partial charge in [-0.3, -0.25) is 4.98 Å². The van der Waals surface area contributed by atoms with E-state index in [1.54, 1.807) is 12.1 Å². The van der Waals surface area contributed by atoms with Gasteiger partial charge in [0.05, 0.1) is 13.8 Å². The average molecular weight is 397 g/mol. The first-order valence-corrected chi connectivity index (χ1v) is 13.0. The molecule has 4 heteroatoms. The molecule has 0 radical (unpaired) electrons. The Bertz CT molecular complexity index is 1010. The summed E-state index contributed by atoms with van der Waals surface area (Å²) in [6.07, 6.45) is -0.666. The lowest BCUT2D eigenvalue weighted by molar-refractivity contribution is 0.152. The van der Waals surface area contributed by atoms with E-state index in [4.69, 9.17) is 1.37 Å². The van der Waals surface area contributed by atoms with E-state index in [-0.39, 0.29) is 5.56 Å². The highest BCUT2D eigenvalue weighted by Crippen LogP contribution is 2.34. The Hall–Kier alpha value is -2.33. The number of nitrogens with zero attached hydrogens (tertiary/aromatic N) is 1. The van der Waals surface area contributed by atoms with Gasteiger partial charge in [-0.15, -0.1) is 0 Å². The van der Waals surface area contributed by atoms with Gasteiger partial charge in [0.1, 0.15) is 0 Å². The molecule has 146 valence electrons. The van der Waals surface area contributed by atoms with Crippen molar-refractivity contribution in [2.24, 2.45) is 0 Å². The third-order valence-electron chi connectivity index (χ3n) is 4.92. The van der Waals surface area contributed by atoms with E-state index >= 15 is 0 Å². The zero-order valence-corrected chi connectivity index (χ0v) is 18.1. The Kier molecular flexibility index (Phi) is 5.40. The van der Waals surface area contributed by atoms with Crippen LogP contribution in [0, 0.1) is 0 Å². The zero-order valence-electron chi connectivity index (χ0n) is 18.1. The minimum atomic E-state index is -2.55. The van der Waals surface area contributed by atoms with Crippen LogP contribution in [-0.2, 0) is 0 Å². The Labute approximate surface area is 168 Å². The highest BCUT2D eigenvalue weighted by Gasteiger charge is 2.23. The molecule has 3 aromatic rings. The summed E-state index contributed by atoms with van der Waals surface area (Å²) in [5, 5.41) is 1.16. The maximum atomic E-state index is 13.6. The zero-order chi connectivity index (χ0) is 21.4. The molecule has 0 unspecified atom stereocenters. The summed E-state index contributed by atoms with van der Waals surface area (Å²) in [7, 11) is -1.68. The third-order valence-corrected chi connectivity index (χ3v) is 6.93. The first-order valence-electron chi connectivity index (χ1n) is 9.97. The van der Waals surface area contributed by atoms with Gasteiger partial charge in [-0.05, 0) is 39.9 Å². The lowest BCUT2D eigenvalue weighted by atomic mass is 9.95. The Balaban J connectivity index is 2.19. The number of alkyl halides is 2. The van der Waals surface area contributed by atoms with Gasteiger partial charge in [-0.2, -0.15) is 0 Å².